The molecule has 3 heterocycles. The Kier molecular flexibility index (Phi) is 5.45. The van der Waals surface area contributed by atoms with Gasteiger partial charge in [0.05, 0.1) is 25.5 Å². The van der Waals surface area contributed by atoms with E-state index in [9.17, 15) is 4.79 Å². The van der Waals surface area contributed by atoms with E-state index in [1.54, 1.807) is 20.3 Å². The molecule has 31 heavy (non-hydrogen) atoms. The zero-order valence-corrected chi connectivity index (χ0v) is 18.8. The molecule has 1 aromatic carbocycles. The number of carbonyl (C=O) groups is 1. The minimum absolute atomic E-state index is 0.0396. The summed E-state index contributed by atoms with van der Waals surface area (Å²) in [5, 5.41) is 15.6. The van der Waals surface area contributed by atoms with E-state index < -0.39 is 5.91 Å². The molecule has 0 saturated carbocycles. The third kappa shape index (κ3) is 3.54. The summed E-state index contributed by atoms with van der Waals surface area (Å²) in [5.74, 6) is 0.989. The Morgan fingerprint density at radius 2 is 1.97 bits per heavy atom. The highest BCUT2D eigenvalue weighted by atomic mass is 32.2. The molecular formula is C22H23N5O3S. The summed E-state index contributed by atoms with van der Waals surface area (Å²) in [4.78, 5) is 16.8. The van der Waals surface area contributed by atoms with Crippen LogP contribution in [-0.2, 0) is 4.79 Å². The Morgan fingerprint density at radius 1 is 1.19 bits per heavy atom. The molecule has 1 N–H and O–H groups in total. The molecule has 0 unspecified atom stereocenters. The number of hydrazone groups is 1. The lowest BCUT2D eigenvalue weighted by molar-refractivity contribution is -0.114. The lowest BCUT2D eigenvalue weighted by Crippen LogP contribution is -2.35. The van der Waals surface area contributed by atoms with Gasteiger partial charge in [-0.3, -0.25) is 10.2 Å². The van der Waals surface area contributed by atoms with Crippen molar-refractivity contribution in [2.75, 3.05) is 14.2 Å². The predicted octanol–water partition coefficient (Wildman–Crippen LogP) is 4.14. The molecule has 0 spiro atoms. The van der Waals surface area contributed by atoms with Crippen LogP contribution < -0.4 is 9.47 Å². The number of rotatable bonds is 5. The molecule has 0 atom stereocenters. The molecule has 2 aromatic rings. The van der Waals surface area contributed by atoms with E-state index in [2.05, 4.69) is 14.7 Å². The number of aryl methyl sites for hydroxylation is 1. The van der Waals surface area contributed by atoms with Crippen LogP contribution in [0, 0.1) is 19.3 Å². The van der Waals surface area contributed by atoms with E-state index >= 15 is 0 Å². The minimum Gasteiger partial charge on any atom is -0.497 e. The van der Waals surface area contributed by atoms with Crippen molar-refractivity contribution in [2.45, 2.75) is 27.2 Å². The molecule has 0 aliphatic carbocycles. The van der Waals surface area contributed by atoms with E-state index in [1.165, 1.54) is 16.8 Å². The summed E-state index contributed by atoms with van der Waals surface area (Å²) in [6.07, 6.45) is 2.44. The molecule has 0 saturated heterocycles. The van der Waals surface area contributed by atoms with Crippen molar-refractivity contribution in [1.29, 1.82) is 5.41 Å². The number of fused-ring (bicyclic) bond motifs is 1. The smallest absolute Gasteiger partial charge is 0.283 e. The van der Waals surface area contributed by atoms with Crippen molar-refractivity contribution in [1.82, 2.24) is 9.58 Å². The maximum absolute atomic E-state index is 12.7. The van der Waals surface area contributed by atoms with Crippen LogP contribution in [0.15, 0.2) is 39.9 Å². The summed E-state index contributed by atoms with van der Waals surface area (Å²) in [6.45, 7) is 5.93. The average Bonchev–Trinajstić information content (AvgIpc) is 3.30. The number of nitrogens with zero attached hydrogens (tertiary/aromatic N) is 4. The number of aliphatic imine (C=N–C) groups is 1. The number of hydrogen-bond donors (Lipinski definition) is 1. The lowest BCUT2D eigenvalue weighted by atomic mass is 10.1. The monoisotopic (exact) mass is 437 g/mol. The molecule has 0 radical (unpaired) electrons. The zero-order valence-electron chi connectivity index (χ0n) is 18.0. The van der Waals surface area contributed by atoms with Gasteiger partial charge in [-0.1, -0.05) is 6.92 Å². The minimum atomic E-state index is -0.428. The van der Waals surface area contributed by atoms with Gasteiger partial charge in [0.1, 0.15) is 16.5 Å². The van der Waals surface area contributed by atoms with Crippen LogP contribution in [0.5, 0.6) is 11.5 Å². The van der Waals surface area contributed by atoms with E-state index in [1.807, 2.05) is 45.0 Å². The first-order valence-electron chi connectivity index (χ1n) is 9.78. The standard InChI is InChI=1S/C22H23N5O3S/c1-6-19-25-27-20(23)16(21(28)24-22(27)31-19)10-14-9-12(2)26(13(14)3)17-8-7-15(29-4)11-18(17)30-5/h7-11,23H,6H2,1-5H3. The first-order chi connectivity index (χ1) is 14.9. The van der Waals surface area contributed by atoms with Gasteiger partial charge >= 0.3 is 0 Å². The Morgan fingerprint density at radius 3 is 2.65 bits per heavy atom. The molecule has 2 aliphatic rings. The van der Waals surface area contributed by atoms with Crippen LogP contribution in [0.25, 0.3) is 11.8 Å². The second kappa shape index (κ2) is 8.07. The quantitative estimate of drug-likeness (QED) is 0.710. The van der Waals surface area contributed by atoms with Crippen molar-refractivity contribution in [2.24, 2.45) is 10.1 Å². The number of carbonyl (C=O) groups excluding carboxylic acids is 1. The van der Waals surface area contributed by atoms with E-state index in [-0.39, 0.29) is 11.4 Å². The van der Waals surface area contributed by atoms with Gasteiger partial charge in [0.2, 0.25) is 5.17 Å². The zero-order chi connectivity index (χ0) is 22.3. The van der Waals surface area contributed by atoms with Gasteiger partial charge in [0.15, 0.2) is 5.84 Å². The van der Waals surface area contributed by atoms with Gasteiger partial charge in [0.25, 0.3) is 5.91 Å². The predicted molar refractivity (Wildman–Crippen MR) is 124 cm³/mol. The fourth-order valence-electron chi connectivity index (χ4n) is 3.60. The van der Waals surface area contributed by atoms with E-state index in [0.717, 1.165) is 34.1 Å². The van der Waals surface area contributed by atoms with E-state index in [4.69, 9.17) is 14.9 Å². The topological polar surface area (TPSA) is 92.3 Å². The molecular weight excluding hydrogens is 414 g/mol. The van der Waals surface area contributed by atoms with Crippen molar-refractivity contribution in [3.05, 3.63) is 46.8 Å². The van der Waals surface area contributed by atoms with Crippen LogP contribution in [0.2, 0.25) is 0 Å². The Bertz CT molecular complexity index is 1190. The molecule has 1 amide bonds. The fraction of sp³-hybridized carbons (Fsp3) is 0.273. The molecule has 1 aromatic heterocycles. The molecule has 8 nitrogen and oxygen atoms in total. The van der Waals surface area contributed by atoms with Gasteiger partial charge in [-0.15, -0.1) is 0 Å². The molecule has 2 aliphatic heterocycles. The summed E-state index contributed by atoms with van der Waals surface area (Å²) in [7, 11) is 3.23. The number of amides is 1. The molecule has 0 fully saturated rings. The highest BCUT2D eigenvalue weighted by molar-refractivity contribution is 8.26. The van der Waals surface area contributed by atoms with E-state index in [0.29, 0.717) is 16.7 Å². The van der Waals surface area contributed by atoms with Crippen molar-refractivity contribution in [3.8, 4) is 17.2 Å². The van der Waals surface area contributed by atoms with Crippen LogP contribution in [-0.4, -0.2) is 45.7 Å². The number of nitrogens with one attached hydrogen (secondary N) is 1. The first-order valence-corrected chi connectivity index (χ1v) is 10.6. The summed E-state index contributed by atoms with van der Waals surface area (Å²) < 4.78 is 12.9. The summed E-state index contributed by atoms with van der Waals surface area (Å²) in [6, 6.07) is 7.61. The van der Waals surface area contributed by atoms with Crippen molar-refractivity contribution >= 4 is 39.8 Å². The fourth-order valence-corrected chi connectivity index (χ4v) is 4.43. The van der Waals surface area contributed by atoms with Crippen LogP contribution >= 0.6 is 11.8 Å². The third-order valence-corrected chi connectivity index (χ3v) is 6.25. The molecule has 9 heteroatoms. The molecule has 160 valence electrons. The molecule has 4 rings (SSSR count). The molecule has 0 bridgehead atoms. The largest absolute Gasteiger partial charge is 0.497 e. The van der Waals surface area contributed by atoms with Crippen LogP contribution in [0.1, 0.15) is 30.3 Å². The average molecular weight is 438 g/mol. The first kappa shape index (κ1) is 20.9. The second-order valence-corrected chi connectivity index (χ2v) is 8.11. The maximum atomic E-state index is 12.7. The SMILES string of the molecule is CCC1=NN2C(=N)C(=Cc3cc(C)n(-c4ccc(OC)cc4OC)c3C)C(=O)N=C2S1. The number of benzene rings is 1. The Hall–Kier alpha value is -3.33. The van der Waals surface area contributed by atoms with Crippen molar-refractivity contribution < 1.29 is 14.3 Å². The van der Waals surface area contributed by atoms with Crippen molar-refractivity contribution in [3.63, 3.8) is 0 Å². The second-order valence-electron chi connectivity index (χ2n) is 7.07. The summed E-state index contributed by atoms with van der Waals surface area (Å²) >= 11 is 1.33. The van der Waals surface area contributed by atoms with Gasteiger partial charge in [-0.2, -0.15) is 15.1 Å². The van der Waals surface area contributed by atoms with Crippen LogP contribution in [0.3, 0.4) is 0 Å². The maximum Gasteiger partial charge on any atom is 0.283 e. The van der Waals surface area contributed by atoms with Gasteiger partial charge in [-0.25, -0.2) is 0 Å². The highest BCUT2D eigenvalue weighted by Crippen LogP contribution is 2.33. The number of hydrogen-bond acceptors (Lipinski definition) is 6. The lowest BCUT2D eigenvalue weighted by Gasteiger charge is -2.20. The third-order valence-electron chi connectivity index (χ3n) is 5.20. The Balaban J connectivity index is 1.77. The van der Waals surface area contributed by atoms with Gasteiger partial charge < -0.3 is 14.0 Å². The summed E-state index contributed by atoms with van der Waals surface area (Å²) in [5.41, 5.74) is 3.79. The number of thioether (sulfide) groups is 1. The Labute approximate surface area is 184 Å². The van der Waals surface area contributed by atoms with Gasteiger partial charge in [0, 0.05) is 17.5 Å². The van der Waals surface area contributed by atoms with Gasteiger partial charge in [-0.05, 0) is 61.9 Å². The normalized spacial score (nSPS) is 17.1. The highest BCUT2D eigenvalue weighted by Gasteiger charge is 2.35. The van der Waals surface area contributed by atoms with Crippen LogP contribution in [0.4, 0.5) is 0 Å². The number of ether oxygens (including phenoxy) is 2. The number of methoxy groups -OCH3 is 2. The number of aromatic nitrogens is 1. The number of amidine groups is 2.